The summed E-state index contributed by atoms with van der Waals surface area (Å²) in [5, 5.41) is 11.6. The molecule has 0 saturated heterocycles. The Hall–Kier alpha value is -1.59. The first-order valence-electron chi connectivity index (χ1n) is 5.59. The summed E-state index contributed by atoms with van der Waals surface area (Å²) in [4.78, 5) is 11.4. The molecule has 0 aliphatic carbocycles. The van der Waals surface area contributed by atoms with Gasteiger partial charge in [-0.25, -0.2) is 0 Å². The van der Waals surface area contributed by atoms with Gasteiger partial charge in [-0.2, -0.15) is 0 Å². The second-order valence-corrected chi connectivity index (χ2v) is 4.12. The van der Waals surface area contributed by atoms with Crippen LogP contribution >= 0.6 is 0 Å². The van der Waals surface area contributed by atoms with Crippen LogP contribution in [0.25, 0.3) is 0 Å². The highest BCUT2D eigenvalue weighted by Crippen LogP contribution is 2.32. The second kappa shape index (κ2) is 4.73. The number of hydrogen-bond donors (Lipinski definition) is 3. The predicted octanol–water partition coefficient (Wildman–Crippen LogP) is 0.788. The molecule has 0 spiro atoms. The van der Waals surface area contributed by atoms with E-state index in [4.69, 9.17) is 15.6 Å². The number of nitrogens with one attached hydrogen (secondary N) is 1. The van der Waals surface area contributed by atoms with E-state index in [0.717, 1.165) is 5.56 Å². The number of amides is 1. The van der Waals surface area contributed by atoms with Crippen LogP contribution in [-0.2, 0) is 4.79 Å². The minimum absolute atomic E-state index is 0.0479. The lowest BCUT2D eigenvalue weighted by molar-refractivity contribution is -0.122. The molecule has 5 heteroatoms. The average Bonchev–Trinajstić information content (AvgIpc) is 2.30. The molecule has 2 rings (SSSR count). The van der Waals surface area contributed by atoms with Crippen LogP contribution in [0, 0.1) is 0 Å². The van der Waals surface area contributed by atoms with E-state index >= 15 is 0 Å². The fourth-order valence-electron chi connectivity index (χ4n) is 1.75. The van der Waals surface area contributed by atoms with Gasteiger partial charge < -0.3 is 20.9 Å². The Labute approximate surface area is 99.6 Å². The lowest BCUT2D eigenvalue weighted by atomic mass is 10.0. The molecule has 1 amide bonds. The maximum Gasteiger partial charge on any atom is 0.265 e. The molecule has 1 aliphatic heterocycles. The largest absolute Gasteiger partial charge is 0.479 e. The van der Waals surface area contributed by atoms with Crippen LogP contribution in [0.15, 0.2) is 18.2 Å². The zero-order chi connectivity index (χ0) is 12.4. The summed E-state index contributed by atoms with van der Waals surface area (Å²) in [5.41, 5.74) is 7.45. The van der Waals surface area contributed by atoms with Crippen LogP contribution in [0.5, 0.6) is 5.75 Å². The SMILES string of the molecule is CC1Oc2cc(C(N)CCO)ccc2NC1=O. The molecule has 1 aromatic rings. The Kier molecular flexibility index (Phi) is 3.31. The molecule has 2 atom stereocenters. The van der Waals surface area contributed by atoms with Crippen molar-refractivity contribution in [1.29, 1.82) is 0 Å². The van der Waals surface area contributed by atoms with Crippen molar-refractivity contribution in [2.45, 2.75) is 25.5 Å². The van der Waals surface area contributed by atoms with E-state index in [0.29, 0.717) is 17.9 Å². The molecule has 1 heterocycles. The number of benzene rings is 1. The van der Waals surface area contributed by atoms with Crippen molar-refractivity contribution in [1.82, 2.24) is 0 Å². The van der Waals surface area contributed by atoms with Gasteiger partial charge >= 0.3 is 0 Å². The maximum absolute atomic E-state index is 11.4. The Morgan fingerprint density at radius 2 is 2.35 bits per heavy atom. The van der Waals surface area contributed by atoms with E-state index in [2.05, 4.69) is 5.32 Å². The fraction of sp³-hybridized carbons (Fsp3) is 0.417. The molecular formula is C12H16N2O3. The molecule has 4 N–H and O–H groups in total. The van der Waals surface area contributed by atoms with E-state index in [9.17, 15) is 4.79 Å². The van der Waals surface area contributed by atoms with Crippen molar-refractivity contribution >= 4 is 11.6 Å². The van der Waals surface area contributed by atoms with Crippen LogP contribution in [0.3, 0.4) is 0 Å². The number of aliphatic hydroxyl groups is 1. The molecular weight excluding hydrogens is 220 g/mol. The number of carbonyl (C=O) groups excluding carboxylic acids is 1. The molecule has 5 nitrogen and oxygen atoms in total. The summed E-state index contributed by atoms with van der Waals surface area (Å²) in [5.74, 6) is 0.480. The monoisotopic (exact) mass is 236 g/mol. The van der Waals surface area contributed by atoms with E-state index in [-0.39, 0.29) is 18.6 Å². The van der Waals surface area contributed by atoms with Crippen molar-refractivity contribution in [3.63, 3.8) is 0 Å². The average molecular weight is 236 g/mol. The Morgan fingerprint density at radius 1 is 1.59 bits per heavy atom. The number of aliphatic hydroxyl groups excluding tert-OH is 1. The van der Waals surface area contributed by atoms with Gasteiger partial charge in [-0.15, -0.1) is 0 Å². The molecule has 0 aromatic heterocycles. The van der Waals surface area contributed by atoms with Gasteiger partial charge in [-0.3, -0.25) is 4.79 Å². The predicted molar refractivity (Wildman–Crippen MR) is 63.8 cm³/mol. The summed E-state index contributed by atoms with van der Waals surface area (Å²) in [7, 11) is 0. The number of rotatable bonds is 3. The third kappa shape index (κ3) is 2.40. The van der Waals surface area contributed by atoms with E-state index in [1.54, 1.807) is 13.0 Å². The van der Waals surface area contributed by atoms with Gasteiger partial charge in [0.15, 0.2) is 6.10 Å². The van der Waals surface area contributed by atoms with Gasteiger partial charge in [0.25, 0.3) is 5.91 Å². The third-order valence-corrected chi connectivity index (χ3v) is 2.80. The molecule has 0 fully saturated rings. The topological polar surface area (TPSA) is 84.6 Å². The van der Waals surface area contributed by atoms with Gasteiger partial charge in [0.05, 0.1) is 5.69 Å². The quantitative estimate of drug-likeness (QED) is 0.724. The normalized spacial score (nSPS) is 20.2. The van der Waals surface area contributed by atoms with Crippen molar-refractivity contribution in [3.8, 4) is 5.75 Å². The minimum atomic E-state index is -0.494. The lowest BCUT2D eigenvalue weighted by Gasteiger charge is -2.24. The second-order valence-electron chi connectivity index (χ2n) is 4.12. The Balaban J connectivity index is 2.25. The first kappa shape index (κ1) is 11.9. The zero-order valence-corrected chi connectivity index (χ0v) is 9.64. The van der Waals surface area contributed by atoms with Crippen LogP contribution < -0.4 is 15.8 Å². The molecule has 17 heavy (non-hydrogen) atoms. The van der Waals surface area contributed by atoms with Crippen LogP contribution in [0.2, 0.25) is 0 Å². The van der Waals surface area contributed by atoms with Crippen LogP contribution in [0.4, 0.5) is 5.69 Å². The number of hydrogen-bond acceptors (Lipinski definition) is 4. The first-order chi connectivity index (χ1) is 8.11. The standard InChI is InChI=1S/C12H16N2O3/c1-7-12(16)14-10-3-2-8(6-11(10)17-7)9(13)4-5-15/h2-3,6-7,9,15H,4-5,13H2,1H3,(H,14,16). The molecule has 0 radical (unpaired) electrons. The zero-order valence-electron chi connectivity index (χ0n) is 9.64. The van der Waals surface area contributed by atoms with Gasteiger partial charge in [-0.1, -0.05) is 6.07 Å². The van der Waals surface area contributed by atoms with Gasteiger partial charge in [0, 0.05) is 12.6 Å². The molecule has 92 valence electrons. The summed E-state index contributed by atoms with van der Waals surface area (Å²) in [6.45, 7) is 1.74. The summed E-state index contributed by atoms with van der Waals surface area (Å²) in [6, 6.07) is 5.19. The minimum Gasteiger partial charge on any atom is -0.479 e. The maximum atomic E-state index is 11.4. The summed E-state index contributed by atoms with van der Waals surface area (Å²) >= 11 is 0. The molecule has 1 aromatic carbocycles. The van der Waals surface area contributed by atoms with E-state index < -0.39 is 6.10 Å². The highest BCUT2D eigenvalue weighted by atomic mass is 16.5. The summed E-state index contributed by atoms with van der Waals surface area (Å²) in [6.07, 6.45) is 0.00701. The van der Waals surface area contributed by atoms with E-state index in [1.807, 2.05) is 12.1 Å². The van der Waals surface area contributed by atoms with Crippen LogP contribution in [-0.4, -0.2) is 23.7 Å². The number of anilines is 1. The Morgan fingerprint density at radius 3 is 3.06 bits per heavy atom. The van der Waals surface area contributed by atoms with E-state index in [1.165, 1.54) is 0 Å². The number of ether oxygens (including phenoxy) is 1. The van der Waals surface area contributed by atoms with Crippen molar-refractivity contribution in [2.75, 3.05) is 11.9 Å². The van der Waals surface area contributed by atoms with Gasteiger partial charge in [0.1, 0.15) is 5.75 Å². The third-order valence-electron chi connectivity index (χ3n) is 2.80. The summed E-state index contributed by atoms with van der Waals surface area (Å²) < 4.78 is 5.48. The van der Waals surface area contributed by atoms with Crippen molar-refractivity contribution in [3.05, 3.63) is 23.8 Å². The van der Waals surface area contributed by atoms with Crippen LogP contribution in [0.1, 0.15) is 24.9 Å². The number of nitrogens with two attached hydrogens (primary N) is 1. The van der Waals surface area contributed by atoms with Gasteiger partial charge in [-0.05, 0) is 31.0 Å². The fourth-order valence-corrected chi connectivity index (χ4v) is 1.75. The number of fused-ring (bicyclic) bond motifs is 1. The molecule has 1 aliphatic rings. The first-order valence-corrected chi connectivity index (χ1v) is 5.59. The smallest absolute Gasteiger partial charge is 0.265 e. The van der Waals surface area contributed by atoms with Crippen molar-refractivity contribution < 1.29 is 14.6 Å². The highest BCUT2D eigenvalue weighted by Gasteiger charge is 2.23. The molecule has 0 bridgehead atoms. The lowest BCUT2D eigenvalue weighted by Crippen LogP contribution is -2.34. The molecule has 2 unspecified atom stereocenters. The van der Waals surface area contributed by atoms with Crippen molar-refractivity contribution in [2.24, 2.45) is 5.73 Å². The highest BCUT2D eigenvalue weighted by molar-refractivity contribution is 5.97. The molecule has 0 saturated carbocycles. The number of carbonyl (C=O) groups is 1. The van der Waals surface area contributed by atoms with Gasteiger partial charge in [0.2, 0.25) is 0 Å². The Bertz CT molecular complexity index is 434.